The highest BCUT2D eigenvalue weighted by molar-refractivity contribution is 5.92. The van der Waals surface area contributed by atoms with E-state index in [1.54, 1.807) is 13.2 Å². The fourth-order valence-electron chi connectivity index (χ4n) is 2.57. The van der Waals surface area contributed by atoms with Gasteiger partial charge in [0.1, 0.15) is 35.9 Å². The lowest BCUT2D eigenvalue weighted by Crippen LogP contribution is -2.29. The monoisotopic (exact) mass is 392 g/mol. The number of methoxy groups -OCH3 is 1. The molecule has 0 saturated carbocycles. The number of rotatable bonds is 9. The molecule has 0 radical (unpaired) electrons. The molecule has 0 spiro atoms. The Labute approximate surface area is 170 Å². The van der Waals surface area contributed by atoms with Crippen LogP contribution in [-0.2, 0) is 6.54 Å². The summed E-state index contributed by atoms with van der Waals surface area (Å²) in [4.78, 5) is 20.5. The van der Waals surface area contributed by atoms with Gasteiger partial charge < -0.3 is 20.1 Å². The number of hydrogen-bond acceptors (Lipinski definition) is 6. The number of ether oxygens (including phenoxy) is 2. The first-order valence-electron chi connectivity index (χ1n) is 9.30. The Hall–Kier alpha value is -3.61. The van der Waals surface area contributed by atoms with Gasteiger partial charge >= 0.3 is 0 Å². The van der Waals surface area contributed by atoms with Gasteiger partial charge in [0, 0.05) is 12.6 Å². The van der Waals surface area contributed by atoms with E-state index in [1.807, 2.05) is 24.3 Å². The number of carbonyl (C=O) groups is 1. The average molecular weight is 392 g/mol. The summed E-state index contributed by atoms with van der Waals surface area (Å²) in [5.41, 5.74) is 2.65. The van der Waals surface area contributed by atoms with Gasteiger partial charge in [-0.25, -0.2) is 9.97 Å². The van der Waals surface area contributed by atoms with Crippen LogP contribution in [-0.4, -0.2) is 36.1 Å². The van der Waals surface area contributed by atoms with Crippen LogP contribution < -0.4 is 20.1 Å². The van der Waals surface area contributed by atoms with Crippen LogP contribution in [0.15, 0.2) is 60.9 Å². The number of amides is 1. The molecule has 7 nitrogen and oxygen atoms in total. The Morgan fingerprint density at radius 3 is 2.45 bits per heavy atom. The molecule has 29 heavy (non-hydrogen) atoms. The minimum atomic E-state index is -0.274. The van der Waals surface area contributed by atoms with Gasteiger partial charge in [0.25, 0.3) is 5.91 Å². The van der Waals surface area contributed by atoms with Crippen LogP contribution >= 0.6 is 0 Å². The number of nitrogens with one attached hydrogen (secondary N) is 2. The second kappa shape index (κ2) is 10.1. The number of aromatic nitrogens is 2. The molecule has 1 aromatic heterocycles. The van der Waals surface area contributed by atoms with Crippen LogP contribution in [0.4, 0.5) is 5.82 Å². The van der Waals surface area contributed by atoms with Gasteiger partial charge in [0.05, 0.1) is 13.7 Å². The van der Waals surface area contributed by atoms with E-state index in [-0.39, 0.29) is 5.91 Å². The summed E-state index contributed by atoms with van der Waals surface area (Å²) in [5.74, 6) is 1.80. The molecule has 2 aromatic carbocycles. The van der Waals surface area contributed by atoms with E-state index in [1.165, 1.54) is 11.9 Å². The lowest BCUT2D eigenvalue weighted by Gasteiger charge is -2.09. The molecule has 2 N–H and O–H groups in total. The summed E-state index contributed by atoms with van der Waals surface area (Å²) in [6, 6.07) is 17.1. The molecule has 0 atom stereocenters. The molecule has 0 fully saturated rings. The summed E-state index contributed by atoms with van der Waals surface area (Å²) in [6.45, 7) is 3.38. The highest BCUT2D eigenvalue weighted by atomic mass is 16.5. The zero-order valence-electron chi connectivity index (χ0n) is 16.5. The van der Waals surface area contributed by atoms with Gasteiger partial charge in [-0.05, 0) is 36.8 Å². The molecule has 1 amide bonds. The molecule has 1 heterocycles. The molecule has 0 saturated heterocycles. The lowest BCUT2D eigenvalue weighted by atomic mass is 10.1. The maximum Gasteiger partial charge on any atom is 0.270 e. The molecule has 3 rings (SSSR count). The van der Waals surface area contributed by atoms with Crippen molar-refractivity contribution in [1.82, 2.24) is 15.3 Å². The third-order valence-electron chi connectivity index (χ3n) is 4.21. The predicted octanol–water partition coefficient (Wildman–Crippen LogP) is 3.21. The van der Waals surface area contributed by atoms with Crippen molar-refractivity contribution in [2.45, 2.75) is 13.5 Å². The SMILES string of the molecule is COc1ccc(OCCNC(=O)c2cc(NCc3ccc(C)cc3)ncn2)cc1. The molecular weight excluding hydrogens is 368 g/mol. The van der Waals surface area contributed by atoms with E-state index in [9.17, 15) is 4.79 Å². The molecule has 3 aromatic rings. The highest BCUT2D eigenvalue weighted by Gasteiger charge is 2.08. The zero-order valence-corrected chi connectivity index (χ0v) is 16.5. The minimum absolute atomic E-state index is 0.274. The molecule has 7 heteroatoms. The van der Waals surface area contributed by atoms with Crippen molar-refractivity contribution in [1.29, 1.82) is 0 Å². The van der Waals surface area contributed by atoms with Crippen LogP contribution in [0.1, 0.15) is 21.6 Å². The first-order chi connectivity index (χ1) is 14.1. The van der Waals surface area contributed by atoms with Crippen molar-refractivity contribution < 1.29 is 14.3 Å². The number of benzene rings is 2. The summed E-state index contributed by atoms with van der Waals surface area (Å²) in [6.07, 6.45) is 1.38. The molecule has 0 aliphatic rings. The summed E-state index contributed by atoms with van der Waals surface area (Å²) < 4.78 is 10.7. The first kappa shape index (κ1) is 20.1. The second-order valence-corrected chi connectivity index (χ2v) is 6.41. The molecule has 0 aliphatic heterocycles. The van der Waals surface area contributed by atoms with Crippen molar-refractivity contribution in [3.8, 4) is 11.5 Å². The van der Waals surface area contributed by atoms with Gasteiger partial charge in [-0.1, -0.05) is 29.8 Å². The van der Waals surface area contributed by atoms with Gasteiger partial charge in [-0.2, -0.15) is 0 Å². The van der Waals surface area contributed by atoms with E-state index in [0.717, 1.165) is 11.3 Å². The summed E-state index contributed by atoms with van der Waals surface area (Å²) >= 11 is 0. The maximum absolute atomic E-state index is 12.3. The Kier molecular flexibility index (Phi) is 7.00. The van der Waals surface area contributed by atoms with Gasteiger partial charge in [0.2, 0.25) is 0 Å². The number of hydrogen-bond donors (Lipinski definition) is 2. The number of carbonyl (C=O) groups excluding carboxylic acids is 1. The first-order valence-corrected chi connectivity index (χ1v) is 9.30. The Balaban J connectivity index is 1.45. The fourth-order valence-corrected chi connectivity index (χ4v) is 2.57. The largest absolute Gasteiger partial charge is 0.497 e. The molecule has 0 bridgehead atoms. The number of anilines is 1. The maximum atomic E-state index is 12.3. The van der Waals surface area contributed by atoms with Crippen molar-refractivity contribution in [3.05, 3.63) is 77.7 Å². The molecule has 0 unspecified atom stereocenters. The topological polar surface area (TPSA) is 85.4 Å². The molecular formula is C22H24N4O3. The summed E-state index contributed by atoms with van der Waals surface area (Å²) in [5, 5.41) is 6.00. The summed E-state index contributed by atoms with van der Waals surface area (Å²) in [7, 11) is 1.61. The van der Waals surface area contributed by atoms with Crippen LogP contribution in [0.25, 0.3) is 0 Å². The third kappa shape index (κ3) is 6.21. The van der Waals surface area contributed by atoms with Gasteiger partial charge in [-0.3, -0.25) is 4.79 Å². The quantitative estimate of drug-likeness (QED) is 0.544. The van der Waals surface area contributed by atoms with Crippen LogP contribution in [0.5, 0.6) is 11.5 Å². The van der Waals surface area contributed by atoms with E-state index in [2.05, 4.69) is 51.8 Å². The van der Waals surface area contributed by atoms with Crippen LogP contribution in [0, 0.1) is 6.92 Å². The Bertz CT molecular complexity index is 928. The average Bonchev–Trinajstić information content (AvgIpc) is 2.77. The molecule has 150 valence electrons. The lowest BCUT2D eigenvalue weighted by molar-refractivity contribution is 0.0942. The Morgan fingerprint density at radius 2 is 1.72 bits per heavy atom. The van der Waals surface area contributed by atoms with Gasteiger partial charge in [-0.15, -0.1) is 0 Å². The fraction of sp³-hybridized carbons (Fsp3) is 0.227. The van der Waals surface area contributed by atoms with E-state index in [0.29, 0.717) is 37.0 Å². The standard InChI is InChI=1S/C22H24N4O3/c1-16-3-5-17(6-4-16)14-24-21-13-20(25-15-26-21)22(27)23-11-12-29-19-9-7-18(28-2)8-10-19/h3-10,13,15H,11-12,14H2,1-2H3,(H,23,27)(H,24,25,26). The minimum Gasteiger partial charge on any atom is -0.497 e. The third-order valence-corrected chi connectivity index (χ3v) is 4.21. The predicted molar refractivity (Wildman–Crippen MR) is 111 cm³/mol. The van der Waals surface area contributed by atoms with Crippen molar-refractivity contribution >= 4 is 11.7 Å². The highest BCUT2D eigenvalue weighted by Crippen LogP contribution is 2.16. The number of nitrogens with zero attached hydrogens (tertiary/aromatic N) is 2. The van der Waals surface area contributed by atoms with E-state index >= 15 is 0 Å². The smallest absolute Gasteiger partial charge is 0.270 e. The van der Waals surface area contributed by atoms with E-state index in [4.69, 9.17) is 9.47 Å². The Morgan fingerprint density at radius 1 is 1.00 bits per heavy atom. The molecule has 0 aliphatic carbocycles. The normalized spacial score (nSPS) is 10.3. The van der Waals surface area contributed by atoms with Crippen LogP contribution in [0.2, 0.25) is 0 Å². The second-order valence-electron chi connectivity index (χ2n) is 6.41. The van der Waals surface area contributed by atoms with E-state index < -0.39 is 0 Å². The van der Waals surface area contributed by atoms with Crippen LogP contribution in [0.3, 0.4) is 0 Å². The van der Waals surface area contributed by atoms with Crippen molar-refractivity contribution in [2.24, 2.45) is 0 Å². The number of aryl methyl sites for hydroxylation is 1. The zero-order chi connectivity index (χ0) is 20.5. The van der Waals surface area contributed by atoms with Gasteiger partial charge in [0.15, 0.2) is 0 Å². The van der Waals surface area contributed by atoms with Crippen molar-refractivity contribution in [3.63, 3.8) is 0 Å². The van der Waals surface area contributed by atoms with Crippen molar-refractivity contribution in [2.75, 3.05) is 25.6 Å².